The van der Waals surface area contributed by atoms with Crippen molar-refractivity contribution in [3.63, 3.8) is 0 Å². The molecule has 1 aromatic carbocycles. The van der Waals surface area contributed by atoms with E-state index in [-0.39, 0.29) is 28.5 Å². The van der Waals surface area contributed by atoms with Gasteiger partial charge in [-0.2, -0.15) is 0 Å². The lowest BCUT2D eigenvalue weighted by Crippen LogP contribution is -2.43. The van der Waals surface area contributed by atoms with Crippen LogP contribution in [0.5, 0.6) is 0 Å². The predicted molar refractivity (Wildman–Crippen MR) is 114 cm³/mol. The standard InChI is InChI=1S/C20H24N2O8S2/c1-2-22(16-9-11-31(25,26)14-16)19(23)13-30-20(24)15-5-7-18(8-6-15)32(27,28)21-12-17-4-3-10-29-17/h3-8,10,16,21H,2,9,11-14H2,1H3. The molecule has 1 N–H and O–H groups in total. The second-order valence-corrected chi connectivity index (χ2v) is 11.2. The summed E-state index contributed by atoms with van der Waals surface area (Å²) < 4.78 is 60.5. The Balaban J connectivity index is 1.55. The van der Waals surface area contributed by atoms with Crippen LogP contribution in [0.1, 0.15) is 29.5 Å². The highest BCUT2D eigenvalue weighted by Gasteiger charge is 2.34. The van der Waals surface area contributed by atoms with E-state index in [1.165, 1.54) is 35.4 Å². The number of likely N-dealkylation sites (N-methyl/N-ethyl adjacent to an activating group) is 1. The quantitative estimate of drug-likeness (QED) is 0.519. The first kappa shape index (κ1) is 24.0. The lowest BCUT2D eigenvalue weighted by atomic mass is 10.2. The topological polar surface area (TPSA) is 140 Å². The molecule has 0 spiro atoms. The number of hydrogen-bond donors (Lipinski definition) is 1. The zero-order valence-corrected chi connectivity index (χ0v) is 19.0. The fourth-order valence-corrected chi connectivity index (χ4v) is 6.11. The number of carbonyl (C=O) groups excluding carboxylic acids is 2. The molecule has 1 atom stereocenters. The van der Waals surface area contributed by atoms with Crippen molar-refractivity contribution in [1.29, 1.82) is 0 Å². The number of sulfone groups is 1. The minimum atomic E-state index is -3.81. The van der Waals surface area contributed by atoms with Crippen molar-refractivity contribution in [2.75, 3.05) is 24.7 Å². The van der Waals surface area contributed by atoms with Gasteiger partial charge >= 0.3 is 5.97 Å². The van der Waals surface area contributed by atoms with E-state index in [9.17, 15) is 26.4 Å². The normalized spacial score (nSPS) is 17.7. The highest BCUT2D eigenvalue weighted by Crippen LogP contribution is 2.18. The van der Waals surface area contributed by atoms with Gasteiger partial charge in [0.1, 0.15) is 5.76 Å². The van der Waals surface area contributed by atoms with Gasteiger partial charge in [0.2, 0.25) is 10.0 Å². The summed E-state index contributed by atoms with van der Waals surface area (Å²) in [6.07, 6.45) is 1.80. The van der Waals surface area contributed by atoms with Crippen LogP contribution in [0.4, 0.5) is 0 Å². The molecule has 0 aliphatic carbocycles. The molecule has 1 unspecified atom stereocenters. The molecule has 1 aromatic heterocycles. The van der Waals surface area contributed by atoms with Crippen LogP contribution >= 0.6 is 0 Å². The predicted octanol–water partition coefficient (Wildman–Crippen LogP) is 0.950. The molecule has 1 aliphatic heterocycles. The summed E-state index contributed by atoms with van der Waals surface area (Å²) in [6.45, 7) is 1.48. The van der Waals surface area contributed by atoms with Gasteiger partial charge in [-0.1, -0.05) is 0 Å². The molecule has 32 heavy (non-hydrogen) atoms. The Kier molecular flexibility index (Phi) is 7.36. The summed E-state index contributed by atoms with van der Waals surface area (Å²) in [5.74, 6) is -0.878. The number of sulfonamides is 1. The summed E-state index contributed by atoms with van der Waals surface area (Å²) in [4.78, 5) is 26.0. The molecule has 0 bridgehead atoms. The van der Waals surface area contributed by atoms with Crippen LogP contribution in [0.25, 0.3) is 0 Å². The Morgan fingerprint density at radius 1 is 1.22 bits per heavy atom. The molecule has 0 saturated carbocycles. The molecule has 1 saturated heterocycles. The highest BCUT2D eigenvalue weighted by atomic mass is 32.2. The van der Waals surface area contributed by atoms with Gasteiger partial charge < -0.3 is 14.1 Å². The largest absolute Gasteiger partial charge is 0.468 e. The second kappa shape index (κ2) is 9.84. The molecular formula is C20H24N2O8S2. The second-order valence-electron chi connectivity index (χ2n) is 7.24. The highest BCUT2D eigenvalue weighted by molar-refractivity contribution is 7.91. The van der Waals surface area contributed by atoms with E-state index < -0.39 is 44.4 Å². The Bertz CT molecular complexity index is 1160. The maximum atomic E-state index is 12.4. The minimum Gasteiger partial charge on any atom is -0.468 e. The molecule has 1 fully saturated rings. The molecule has 174 valence electrons. The van der Waals surface area contributed by atoms with Crippen molar-refractivity contribution in [3.05, 3.63) is 54.0 Å². The molecule has 12 heteroatoms. The number of nitrogens with one attached hydrogen (secondary N) is 1. The van der Waals surface area contributed by atoms with Crippen molar-refractivity contribution in [2.45, 2.75) is 30.8 Å². The van der Waals surface area contributed by atoms with Gasteiger partial charge in [-0.25, -0.2) is 26.4 Å². The fraction of sp³-hybridized carbons (Fsp3) is 0.400. The number of nitrogens with zero attached hydrogens (tertiary/aromatic N) is 1. The third-order valence-electron chi connectivity index (χ3n) is 5.05. The first-order valence-electron chi connectivity index (χ1n) is 9.90. The molecule has 3 rings (SSSR count). The zero-order valence-electron chi connectivity index (χ0n) is 17.4. The number of benzene rings is 1. The SMILES string of the molecule is CCN(C(=O)COC(=O)c1ccc(S(=O)(=O)NCc2ccco2)cc1)C1CCS(=O)(=O)C1. The number of furan rings is 1. The summed E-state index contributed by atoms with van der Waals surface area (Å²) in [5.41, 5.74) is 0.0780. The van der Waals surface area contributed by atoms with Crippen molar-refractivity contribution in [2.24, 2.45) is 0 Å². The zero-order chi connectivity index (χ0) is 23.4. The molecule has 2 heterocycles. The van der Waals surface area contributed by atoms with Crippen LogP contribution in [0, 0.1) is 0 Å². The van der Waals surface area contributed by atoms with Crippen LogP contribution in [0.3, 0.4) is 0 Å². The summed E-state index contributed by atoms with van der Waals surface area (Å²) in [6, 6.07) is 7.94. The number of rotatable bonds is 9. The van der Waals surface area contributed by atoms with Crippen LogP contribution in [-0.4, -0.2) is 64.3 Å². The number of amides is 1. The van der Waals surface area contributed by atoms with Gasteiger partial charge in [-0.05, 0) is 49.7 Å². The van der Waals surface area contributed by atoms with Crippen LogP contribution in [-0.2, 0) is 35.9 Å². The first-order valence-corrected chi connectivity index (χ1v) is 13.2. The maximum Gasteiger partial charge on any atom is 0.338 e. The molecule has 0 radical (unpaired) electrons. The Morgan fingerprint density at radius 2 is 1.94 bits per heavy atom. The number of hydrogen-bond acceptors (Lipinski definition) is 8. The van der Waals surface area contributed by atoms with E-state index in [1.807, 2.05) is 0 Å². The number of esters is 1. The van der Waals surface area contributed by atoms with Gasteiger partial charge in [0.05, 0.1) is 34.8 Å². The summed E-state index contributed by atoms with van der Waals surface area (Å²) in [7, 11) is -6.96. The van der Waals surface area contributed by atoms with Crippen molar-refractivity contribution in [3.8, 4) is 0 Å². The van der Waals surface area contributed by atoms with Crippen LogP contribution in [0.2, 0.25) is 0 Å². The van der Waals surface area contributed by atoms with Gasteiger partial charge in [0.25, 0.3) is 5.91 Å². The van der Waals surface area contributed by atoms with Gasteiger partial charge in [-0.15, -0.1) is 0 Å². The lowest BCUT2D eigenvalue weighted by molar-refractivity contribution is -0.136. The Morgan fingerprint density at radius 3 is 2.50 bits per heavy atom. The van der Waals surface area contributed by atoms with Crippen LogP contribution < -0.4 is 4.72 Å². The number of ether oxygens (including phenoxy) is 1. The molecular weight excluding hydrogens is 460 g/mol. The van der Waals surface area contributed by atoms with Crippen molar-refractivity contribution in [1.82, 2.24) is 9.62 Å². The summed E-state index contributed by atoms with van der Waals surface area (Å²) >= 11 is 0. The molecule has 1 aliphatic rings. The maximum absolute atomic E-state index is 12.4. The average molecular weight is 485 g/mol. The number of carbonyl (C=O) groups is 2. The van der Waals surface area contributed by atoms with Gasteiger partial charge in [0.15, 0.2) is 16.4 Å². The van der Waals surface area contributed by atoms with Crippen LogP contribution in [0.15, 0.2) is 52.0 Å². The van der Waals surface area contributed by atoms with Gasteiger partial charge in [0, 0.05) is 12.6 Å². The smallest absolute Gasteiger partial charge is 0.338 e. The van der Waals surface area contributed by atoms with E-state index >= 15 is 0 Å². The minimum absolute atomic E-state index is 0.0164. The fourth-order valence-electron chi connectivity index (χ4n) is 3.39. The molecule has 10 nitrogen and oxygen atoms in total. The van der Waals surface area contributed by atoms with E-state index in [2.05, 4.69) is 4.72 Å². The van der Waals surface area contributed by atoms with Crippen molar-refractivity contribution >= 4 is 31.7 Å². The monoisotopic (exact) mass is 484 g/mol. The third-order valence-corrected chi connectivity index (χ3v) is 8.22. The van der Waals surface area contributed by atoms with Crippen molar-refractivity contribution < 1.29 is 35.6 Å². The lowest BCUT2D eigenvalue weighted by Gasteiger charge is -2.26. The third kappa shape index (κ3) is 5.96. The molecule has 2 aromatic rings. The van der Waals surface area contributed by atoms with E-state index in [0.29, 0.717) is 18.7 Å². The Hall–Kier alpha value is -2.70. The first-order chi connectivity index (χ1) is 15.1. The summed E-state index contributed by atoms with van der Waals surface area (Å²) in [5, 5.41) is 0. The van der Waals surface area contributed by atoms with Gasteiger partial charge in [-0.3, -0.25) is 4.79 Å². The average Bonchev–Trinajstić information content (AvgIpc) is 3.40. The van der Waals surface area contributed by atoms with E-state index in [1.54, 1.807) is 19.1 Å². The van der Waals surface area contributed by atoms with E-state index in [4.69, 9.17) is 9.15 Å². The molecule has 1 amide bonds. The Labute approximate surface area is 186 Å². The van der Waals surface area contributed by atoms with E-state index in [0.717, 1.165) is 0 Å².